The van der Waals surface area contributed by atoms with Crippen molar-refractivity contribution in [1.29, 1.82) is 0 Å². The van der Waals surface area contributed by atoms with Crippen molar-refractivity contribution in [3.63, 3.8) is 0 Å². The maximum absolute atomic E-state index is 12.0. The standard InChI is InChI=1S/C12H20N2O2/c1-5-10(15)13-6-8-14(9-7-13)11(16)12(2,3)4/h5H,1,6-9H2,2-4H3. The third kappa shape index (κ3) is 2.84. The molecule has 4 heteroatoms. The van der Waals surface area contributed by atoms with Gasteiger partial charge in [0.2, 0.25) is 11.8 Å². The number of nitrogens with zero attached hydrogens (tertiary/aromatic N) is 2. The predicted molar refractivity (Wildman–Crippen MR) is 62.8 cm³/mol. The van der Waals surface area contributed by atoms with Crippen molar-refractivity contribution in [2.24, 2.45) is 5.41 Å². The van der Waals surface area contributed by atoms with E-state index in [-0.39, 0.29) is 17.2 Å². The molecule has 0 aliphatic carbocycles. The van der Waals surface area contributed by atoms with Gasteiger partial charge in [0.15, 0.2) is 0 Å². The van der Waals surface area contributed by atoms with Gasteiger partial charge < -0.3 is 9.80 Å². The summed E-state index contributed by atoms with van der Waals surface area (Å²) in [6.45, 7) is 11.6. The molecule has 4 nitrogen and oxygen atoms in total. The van der Waals surface area contributed by atoms with Crippen LogP contribution in [0.4, 0.5) is 0 Å². The SMILES string of the molecule is C=CC(=O)N1CCN(C(=O)C(C)(C)C)CC1. The minimum Gasteiger partial charge on any atom is -0.339 e. The number of hydrogen-bond acceptors (Lipinski definition) is 2. The zero-order valence-corrected chi connectivity index (χ0v) is 10.3. The lowest BCUT2D eigenvalue weighted by atomic mass is 9.94. The molecule has 0 bridgehead atoms. The van der Waals surface area contributed by atoms with Crippen LogP contribution in [0.25, 0.3) is 0 Å². The highest BCUT2D eigenvalue weighted by atomic mass is 16.2. The monoisotopic (exact) mass is 224 g/mol. The van der Waals surface area contributed by atoms with Crippen molar-refractivity contribution >= 4 is 11.8 Å². The van der Waals surface area contributed by atoms with Gasteiger partial charge in [0.05, 0.1) is 0 Å². The van der Waals surface area contributed by atoms with E-state index in [1.807, 2.05) is 25.7 Å². The smallest absolute Gasteiger partial charge is 0.246 e. The van der Waals surface area contributed by atoms with Gasteiger partial charge in [-0.25, -0.2) is 0 Å². The fourth-order valence-corrected chi connectivity index (χ4v) is 1.73. The number of piperazine rings is 1. The summed E-state index contributed by atoms with van der Waals surface area (Å²) in [5.74, 6) is 0.0982. The highest BCUT2D eigenvalue weighted by molar-refractivity contribution is 5.87. The molecule has 1 rings (SSSR count). The van der Waals surface area contributed by atoms with E-state index in [1.54, 1.807) is 4.90 Å². The molecule has 1 heterocycles. The lowest BCUT2D eigenvalue weighted by molar-refractivity contribution is -0.143. The maximum Gasteiger partial charge on any atom is 0.246 e. The number of hydrogen-bond donors (Lipinski definition) is 0. The van der Waals surface area contributed by atoms with Crippen LogP contribution in [-0.4, -0.2) is 47.8 Å². The molecule has 0 aromatic heterocycles. The molecule has 90 valence electrons. The van der Waals surface area contributed by atoms with E-state index in [2.05, 4.69) is 6.58 Å². The molecule has 0 unspecified atom stereocenters. The number of carbonyl (C=O) groups is 2. The Bertz CT molecular complexity index is 297. The molecule has 0 radical (unpaired) electrons. The van der Waals surface area contributed by atoms with E-state index in [0.29, 0.717) is 26.2 Å². The second-order valence-corrected chi connectivity index (χ2v) is 5.07. The first-order valence-corrected chi connectivity index (χ1v) is 5.57. The van der Waals surface area contributed by atoms with E-state index < -0.39 is 0 Å². The molecule has 2 amide bonds. The minimum atomic E-state index is -0.343. The molecule has 16 heavy (non-hydrogen) atoms. The fourth-order valence-electron chi connectivity index (χ4n) is 1.73. The number of amides is 2. The van der Waals surface area contributed by atoms with Crippen molar-refractivity contribution in [2.45, 2.75) is 20.8 Å². The summed E-state index contributed by atoms with van der Waals surface area (Å²) < 4.78 is 0. The average molecular weight is 224 g/mol. The molecule has 0 N–H and O–H groups in total. The summed E-state index contributed by atoms with van der Waals surface area (Å²) in [5.41, 5.74) is -0.343. The maximum atomic E-state index is 12.0. The lowest BCUT2D eigenvalue weighted by Gasteiger charge is -2.37. The average Bonchev–Trinajstić information content (AvgIpc) is 2.26. The van der Waals surface area contributed by atoms with Gasteiger partial charge in [-0.15, -0.1) is 0 Å². The number of rotatable bonds is 1. The minimum absolute atomic E-state index is 0.0529. The first-order chi connectivity index (χ1) is 7.36. The Labute approximate surface area is 96.9 Å². The molecule has 0 saturated carbocycles. The van der Waals surface area contributed by atoms with Crippen LogP contribution in [0.1, 0.15) is 20.8 Å². The summed E-state index contributed by atoms with van der Waals surface area (Å²) in [6, 6.07) is 0. The third-order valence-corrected chi connectivity index (χ3v) is 2.69. The van der Waals surface area contributed by atoms with Crippen molar-refractivity contribution < 1.29 is 9.59 Å². The highest BCUT2D eigenvalue weighted by Gasteiger charge is 2.30. The summed E-state index contributed by atoms with van der Waals surface area (Å²) in [4.78, 5) is 26.9. The lowest BCUT2D eigenvalue weighted by Crippen LogP contribution is -2.52. The van der Waals surface area contributed by atoms with Crippen LogP contribution in [0.3, 0.4) is 0 Å². The molecular formula is C12H20N2O2. The van der Waals surface area contributed by atoms with Gasteiger partial charge in [-0.3, -0.25) is 9.59 Å². The quantitative estimate of drug-likeness (QED) is 0.621. The Balaban J connectivity index is 2.52. The molecule has 1 saturated heterocycles. The first-order valence-electron chi connectivity index (χ1n) is 5.57. The summed E-state index contributed by atoms with van der Waals surface area (Å²) >= 11 is 0. The largest absolute Gasteiger partial charge is 0.339 e. The van der Waals surface area contributed by atoms with Gasteiger partial charge in [-0.1, -0.05) is 27.4 Å². The summed E-state index contributed by atoms with van der Waals surface area (Å²) in [7, 11) is 0. The van der Waals surface area contributed by atoms with E-state index in [1.165, 1.54) is 6.08 Å². The normalized spacial score (nSPS) is 17.2. The first kappa shape index (κ1) is 12.7. The second-order valence-electron chi connectivity index (χ2n) is 5.07. The van der Waals surface area contributed by atoms with Gasteiger partial charge in [0.25, 0.3) is 0 Å². The van der Waals surface area contributed by atoms with Crippen molar-refractivity contribution in [1.82, 2.24) is 9.80 Å². The van der Waals surface area contributed by atoms with Crippen molar-refractivity contribution in [2.75, 3.05) is 26.2 Å². The Kier molecular flexibility index (Phi) is 3.73. The van der Waals surface area contributed by atoms with Crippen LogP contribution in [-0.2, 0) is 9.59 Å². The van der Waals surface area contributed by atoms with E-state index in [9.17, 15) is 9.59 Å². The van der Waals surface area contributed by atoms with Crippen LogP contribution in [0, 0.1) is 5.41 Å². The van der Waals surface area contributed by atoms with Gasteiger partial charge in [-0.2, -0.15) is 0 Å². The fraction of sp³-hybridized carbons (Fsp3) is 0.667. The summed E-state index contributed by atoms with van der Waals surface area (Å²) in [5, 5.41) is 0. The van der Waals surface area contributed by atoms with Gasteiger partial charge in [0, 0.05) is 31.6 Å². The van der Waals surface area contributed by atoms with Gasteiger partial charge in [0.1, 0.15) is 0 Å². The topological polar surface area (TPSA) is 40.6 Å². The van der Waals surface area contributed by atoms with Crippen molar-refractivity contribution in [3.8, 4) is 0 Å². The Morgan fingerprint density at radius 2 is 1.50 bits per heavy atom. The highest BCUT2D eigenvalue weighted by Crippen LogP contribution is 2.18. The zero-order chi connectivity index (χ0) is 12.3. The number of carbonyl (C=O) groups excluding carboxylic acids is 2. The van der Waals surface area contributed by atoms with Crippen LogP contribution in [0.2, 0.25) is 0 Å². The van der Waals surface area contributed by atoms with E-state index in [4.69, 9.17) is 0 Å². The zero-order valence-electron chi connectivity index (χ0n) is 10.3. The van der Waals surface area contributed by atoms with Crippen LogP contribution < -0.4 is 0 Å². The third-order valence-electron chi connectivity index (χ3n) is 2.69. The molecular weight excluding hydrogens is 204 g/mol. The Morgan fingerprint density at radius 3 is 1.88 bits per heavy atom. The molecule has 0 spiro atoms. The summed E-state index contributed by atoms with van der Waals surface area (Å²) in [6.07, 6.45) is 1.32. The van der Waals surface area contributed by atoms with Gasteiger partial charge >= 0.3 is 0 Å². The van der Waals surface area contributed by atoms with Crippen LogP contribution in [0.15, 0.2) is 12.7 Å². The van der Waals surface area contributed by atoms with E-state index >= 15 is 0 Å². The molecule has 0 aromatic rings. The van der Waals surface area contributed by atoms with Crippen LogP contribution >= 0.6 is 0 Å². The molecule has 0 atom stereocenters. The Hall–Kier alpha value is -1.32. The second kappa shape index (κ2) is 4.68. The van der Waals surface area contributed by atoms with Gasteiger partial charge in [-0.05, 0) is 6.08 Å². The molecule has 1 fully saturated rings. The Morgan fingerprint density at radius 1 is 1.06 bits per heavy atom. The molecule has 0 aromatic carbocycles. The molecule has 1 aliphatic heterocycles. The van der Waals surface area contributed by atoms with Crippen molar-refractivity contribution in [3.05, 3.63) is 12.7 Å². The van der Waals surface area contributed by atoms with Crippen LogP contribution in [0.5, 0.6) is 0 Å². The van der Waals surface area contributed by atoms with E-state index in [0.717, 1.165) is 0 Å². The predicted octanol–water partition coefficient (Wildman–Crippen LogP) is 0.889. The molecule has 1 aliphatic rings.